The Hall–Kier alpha value is -2.95. The van der Waals surface area contributed by atoms with Gasteiger partial charge in [-0.25, -0.2) is 0 Å². The second-order valence-corrected chi connectivity index (χ2v) is 9.23. The first kappa shape index (κ1) is 23.7. The number of benzene rings is 3. The normalized spacial score (nSPS) is 12.5. The second-order valence-electron chi connectivity index (χ2n) is 9.23. The number of aliphatic hydroxyl groups excluding tert-OH is 1. The smallest absolute Gasteiger partial charge is 0.232 e. The van der Waals surface area contributed by atoms with E-state index in [1.54, 1.807) is 0 Å². The monoisotopic (exact) mass is 430 g/mol. The molecular weight excluding hydrogens is 396 g/mol. The maximum absolute atomic E-state index is 13.0. The van der Waals surface area contributed by atoms with E-state index in [0.29, 0.717) is 13.1 Å². The van der Waals surface area contributed by atoms with Crippen molar-refractivity contribution in [3.05, 3.63) is 107 Å². The lowest BCUT2D eigenvalue weighted by Gasteiger charge is -2.20. The number of hydrogen-bond donors (Lipinski definition) is 3. The van der Waals surface area contributed by atoms with Gasteiger partial charge in [-0.15, -0.1) is 0 Å². The summed E-state index contributed by atoms with van der Waals surface area (Å²) in [4.78, 5) is 13.0. The fraction of sp³-hybridized carbons (Fsp3) is 0.321. The predicted octanol–water partition coefficient (Wildman–Crippen LogP) is 4.38. The summed E-state index contributed by atoms with van der Waals surface area (Å²) in [5.74, 6) is -0.516. The number of nitrogens with one attached hydrogen (secondary N) is 2. The Labute approximate surface area is 191 Å². The van der Waals surface area contributed by atoms with Crippen molar-refractivity contribution in [2.24, 2.45) is 0 Å². The van der Waals surface area contributed by atoms with Crippen LogP contribution < -0.4 is 10.6 Å². The molecule has 1 amide bonds. The third-order valence-corrected chi connectivity index (χ3v) is 5.57. The molecule has 0 saturated heterocycles. The van der Waals surface area contributed by atoms with Gasteiger partial charge in [0.05, 0.1) is 12.0 Å². The summed E-state index contributed by atoms with van der Waals surface area (Å²) in [5.41, 5.74) is 4.47. The van der Waals surface area contributed by atoms with Crippen LogP contribution in [0.5, 0.6) is 0 Å². The predicted molar refractivity (Wildman–Crippen MR) is 131 cm³/mol. The molecule has 0 fully saturated rings. The zero-order chi connectivity index (χ0) is 23.0. The zero-order valence-corrected chi connectivity index (χ0v) is 19.2. The summed E-state index contributed by atoms with van der Waals surface area (Å²) in [6.07, 6.45) is -0.667. The van der Waals surface area contributed by atoms with Gasteiger partial charge in [-0.3, -0.25) is 4.79 Å². The van der Waals surface area contributed by atoms with Gasteiger partial charge in [-0.1, -0.05) is 106 Å². The molecule has 3 rings (SSSR count). The molecule has 1 atom stereocenters. The van der Waals surface area contributed by atoms with Crippen molar-refractivity contribution in [3.63, 3.8) is 0 Å². The van der Waals surface area contributed by atoms with Gasteiger partial charge in [0.1, 0.15) is 0 Å². The molecule has 0 radical (unpaired) electrons. The molecule has 0 saturated carbocycles. The maximum atomic E-state index is 13.0. The fourth-order valence-corrected chi connectivity index (χ4v) is 3.68. The summed E-state index contributed by atoms with van der Waals surface area (Å²) in [6.45, 7) is 7.88. The highest BCUT2D eigenvalue weighted by Crippen LogP contribution is 2.25. The molecule has 0 aromatic heterocycles. The third-order valence-electron chi connectivity index (χ3n) is 5.57. The van der Waals surface area contributed by atoms with Crippen LogP contribution in [-0.2, 0) is 16.8 Å². The van der Waals surface area contributed by atoms with Gasteiger partial charge >= 0.3 is 0 Å². The van der Waals surface area contributed by atoms with Gasteiger partial charge < -0.3 is 15.7 Å². The Morgan fingerprint density at radius 1 is 0.812 bits per heavy atom. The minimum atomic E-state index is -0.667. The highest BCUT2D eigenvalue weighted by atomic mass is 16.3. The van der Waals surface area contributed by atoms with Crippen molar-refractivity contribution < 1.29 is 9.90 Å². The van der Waals surface area contributed by atoms with E-state index in [0.717, 1.165) is 11.1 Å². The SMILES string of the molecule is CC(C)(C)c1ccc(CNCC(O)CNC(=O)C(c2ccccc2)c2ccccc2)cc1. The lowest BCUT2D eigenvalue weighted by molar-refractivity contribution is -0.122. The lowest BCUT2D eigenvalue weighted by Crippen LogP contribution is -2.40. The third kappa shape index (κ3) is 6.78. The number of carbonyl (C=O) groups excluding carboxylic acids is 1. The molecule has 0 aliphatic carbocycles. The molecule has 168 valence electrons. The van der Waals surface area contributed by atoms with Gasteiger partial charge in [0.15, 0.2) is 0 Å². The summed E-state index contributed by atoms with van der Waals surface area (Å²) in [6, 6.07) is 28.0. The summed E-state index contributed by atoms with van der Waals surface area (Å²) in [7, 11) is 0. The number of hydrogen-bond acceptors (Lipinski definition) is 3. The van der Waals surface area contributed by atoms with Crippen LogP contribution in [0.2, 0.25) is 0 Å². The van der Waals surface area contributed by atoms with Crippen molar-refractivity contribution in [2.45, 2.75) is 44.8 Å². The maximum Gasteiger partial charge on any atom is 0.232 e. The van der Waals surface area contributed by atoms with E-state index in [4.69, 9.17) is 0 Å². The van der Waals surface area contributed by atoms with Crippen LogP contribution in [0.25, 0.3) is 0 Å². The van der Waals surface area contributed by atoms with E-state index < -0.39 is 12.0 Å². The summed E-state index contributed by atoms with van der Waals surface area (Å²) < 4.78 is 0. The van der Waals surface area contributed by atoms with Crippen LogP contribution >= 0.6 is 0 Å². The largest absolute Gasteiger partial charge is 0.390 e. The van der Waals surface area contributed by atoms with Gasteiger partial charge in [-0.05, 0) is 27.7 Å². The number of amides is 1. The average Bonchev–Trinajstić information content (AvgIpc) is 2.79. The Balaban J connectivity index is 1.51. The van der Waals surface area contributed by atoms with E-state index in [2.05, 4.69) is 55.7 Å². The van der Waals surface area contributed by atoms with E-state index in [1.165, 1.54) is 11.1 Å². The minimum absolute atomic E-state index is 0.112. The molecule has 0 aliphatic heterocycles. The fourth-order valence-electron chi connectivity index (χ4n) is 3.68. The highest BCUT2D eigenvalue weighted by Gasteiger charge is 2.22. The summed E-state index contributed by atoms with van der Waals surface area (Å²) in [5, 5.41) is 16.6. The number of rotatable bonds is 9. The molecule has 3 aromatic rings. The van der Waals surface area contributed by atoms with Crippen LogP contribution in [0, 0.1) is 0 Å². The molecule has 0 spiro atoms. The van der Waals surface area contributed by atoms with E-state index in [-0.39, 0.29) is 17.9 Å². The van der Waals surface area contributed by atoms with Gasteiger partial charge in [-0.2, -0.15) is 0 Å². The van der Waals surface area contributed by atoms with Gasteiger partial charge in [0.2, 0.25) is 5.91 Å². The quantitative estimate of drug-likeness (QED) is 0.472. The number of carbonyl (C=O) groups is 1. The van der Waals surface area contributed by atoms with Gasteiger partial charge in [0.25, 0.3) is 0 Å². The molecule has 0 heterocycles. The Morgan fingerprint density at radius 2 is 1.34 bits per heavy atom. The molecule has 1 unspecified atom stereocenters. The molecule has 4 nitrogen and oxygen atoms in total. The summed E-state index contributed by atoms with van der Waals surface area (Å²) >= 11 is 0. The molecule has 32 heavy (non-hydrogen) atoms. The first-order valence-electron chi connectivity index (χ1n) is 11.2. The molecular formula is C28H34N2O2. The van der Waals surface area contributed by atoms with Crippen molar-refractivity contribution >= 4 is 5.91 Å². The lowest BCUT2D eigenvalue weighted by atomic mass is 9.87. The molecule has 4 heteroatoms. The molecule has 3 aromatic carbocycles. The average molecular weight is 431 g/mol. The molecule has 0 bridgehead atoms. The van der Waals surface area contributed by atoms with Crippen LogP contribution in [0.15, 0.2) is 84.9 Å². The van der Waals surface area contributed by atoms with Crippen molar-refractivity contribution in [1.29, 1.82) is 0 Å². The standard InChI is InChI=1S/C28H34N2O2/c1-28(2,3)24-16-14-21(15-17-24)18-29-19-25(31)20-30-27(32)26(22-10-6-4-7-11-22)23-12-8-5-9-13-23/h4-17,25-26,29,31H,18-20H2,1-3H3,(H,30,32). The van der Waals surface area contributed by atoms with Gasteiger partial charge in [0, 0.05) is 19.6 Å². The zero-order valence-electron chi connectivity index (χ0n) is 19.2. The number of aliphatic hydroxyl groups is 1. The van der Waals surface area contributed by atoms with E-state index in [9.17, 15) is 9.90 Å². The first-order chi connectivity index (χ1) is 15.3. The minimum Gasteiger partial charge on any atom is -0.390 e. The van der Waals surface area contributed by atoms with Crippen molar-refractivity contribution in [3.8, 4) is 0 Å². The first-order valence-corrected chi connectivity index (χ1v) is 11.2. The van der Waals surface area contributed by atoms with Crippen LogP contribution in [0.1, 0.15) is 48.9 Å². The Morgan fingerprint density at radius 3 is 1.84 bits per heavy atom. The highest BCUT2D eigenvalue weighted by molar-refractivity contribution is 5.87. The topological polar surface area (TPSA) is 61.4 Å². The molecule has 0 aliphatic rings. The molecule has 3 N–H and O–H groups in total. The van der Waals surface area contributed by atoms with Crippen LogP contribution in [0.3, 0.4) is 0 Å². The Kier molecular flexibility index (Phi) is 8.20. The van der Waals surface area contributed by atoms with Crippen molar-refractivity contribution in [1.82, 2.24) is 10.6 Å². The van der Waals surface area contributed by atoms with Crippen LogP contribution in [0.4, 0.5) is 0 Å². The van der Waals surface area contributed by atoms with Crippen LogP contribution in [-0.4, -0.2) is 30.2 Å². The Bertz CT molecular complexity index is 924. The van der Waals surface area contributed by atoms with Crippen molar-refractivity contribution in [2.75, 3.05) is 13.1 Å². The van der Waals surface area contributed by atoms with E-state index >= 15 is 0 Å². The second kappa shape index (κ2) is 11.1. The van der Waals surface area contributed by atoms with E-state index in [1.807, 2.05) is 60.7 Å².